The summed E-state index contributed by atoms with van der Waals surface area (Å²) in [6.45, 7) is 8.34. The van der Waals surface area contributed by atoms with Gasteiger partial charge in [-0.15, -0.1) is 0 Å². The van der Waals surface area contributed by atoms with Crippen molar-refractivity contribution in [3.63, 3.8) is 0 Å². The fourth-order valence-corrected chi connectivity index (χ4v) is 1.27. The maximum atomic E-state index is 5.47. The normalized spacial score (nSPS) is 15.2. The van der Waals surface area contributed by atoms with Crippen LogP contribution in [0.15, 0.2) is 0 Å². The highest BCUT2D eigenvalue weighted by atomic mass is 16.5. The summed E-state index contributed by atoms with van der Waals surface area (Å²) in [6.07, 6.45) is 0. The van der Waals surface area contributed by atoms with Crippen LogP contribution in [0, 0.1) is 0 Å². The summed E-state index contributed by atoms with van der Waals surface area (Å²) in [5.41, 5.74) is 0. The molecule has 0 aromatic carbocycles. The van der Waals surface area contributed by atoms with Gasteiger partial charge in [-0.05, 0) is 6.92 Å². The Labute approximate surface area is 93.7 Å². The minimum atomic E-state index is 0.675. The number of nitrogens with zero attached hydrogens (tertiary/aromatic N) is 1. The Morgan fingerprint density at radius 2 is 1.47 bits per heavy atom. The van der Waals surface area contributed by atoms with Gasteiger partial charge < -0.3 is 18.7 Å². The van der Waals surface area contributed by atoms with E-state index in [9.17, 15) is 0 Å². The molecule has 0 aliphatic rings. The van der Waals surface area contributed by atoms with Crippen LogP contribution in [0.2, 0.25) is 0 Å². The SMILES string of the molecule is CC[N+](C)(CCOC)CCOCCOC. The minimum Gasteiger partial charge on any atom is -0.382 e. The first-order valence-electron chi connectivity index (χ1n) is 5.57. The van der Waals surface area contributed by atoms with E-state index >= 15 is 0 Å². The van der Waals surface area contributed by atoms with E-state index in [1.165, 1.54) is 0 Å². The number of quaternary nitrogens is 1. The summed E-state index contributed by atoms with van der Waals surface area (Å²) in [5, 5.41) is 0. The van der Waals surface area contributed by atoms with Crippen LogP contribution < -0.4 is 0 Å². The molecule has 0 aromatic rings. The van der Waals surface area contributed by atoms with Gasteiger partial charge in [0.25, 0.3) is 0 Å². The maximum Gasteiger partial charge on any atom is 0.102 e. The summed E-state index contributed by atoms with van der Waals surface area (Å²) in [5.74, 6) is 0. The highest BCUT2D eigenvalue weighted by molar-refractivity contribution is 4.38. The standard InChI is InChI=1S/C11H26NO3/c1-5-12(2,6-8-13-3)7-9-15-11-10-14-4/h5-11H2,1-4H3/q+1. The van der Waals surface area contributed by atoms with Crippen LogP contribution in [-0.2, 0) is 14.2 Å². The van der Waals surface area contributed by atoms with Gasteiger partial charge in [-0.1, -0.05) is 0 Å². The molecule has 0 saturated heterocycles. The lowest BCUT2D eigenvalue weighted by Gasteiger charge is -2.33. The average molecular weight is 220 g/mol. The molecule has 4 heteroatoms. The third kappa shape index (κ3) is 7.73. The van der Waals surface area contributed by atoms with Crippen molar-refractivity contribution in [2.45, 2.75) is 6.92 Å². The molecule has 0 saturated carbocycles. The molecule has 0 aromatic heterocycles. The van der Waals surface area contributed by atoms with Gasteiger partial charge in [-0.3, -0.25) is 0 Å². The molecule has 1 unspecified atom stereocenters. The van der Waals surface area contributed by atoms with E-state index < -0.39 is 0 Å². The van der Waals surface area contributed by atoms with E-state index in [2.05, 4.69) is 14.0 Å². The van der Waals surface area contributed by atoms with Crippen LogP contribution in [0.1, 0.15) is 6.92 Å². The highest BCUT2D eigenvalue weighted by Gasteiger charge is 2.17. The van der Waals surface area contributed by atoms with Crippen LogP contribution in [0.4, 0.5) is 0 Å². The third-order valence-corrected chi connectivity index (χ3v) is 2.81. The van der Waals surface area contributed by atoms with Crippen LogP contribution >= 0.6 is 0 Å². The van der Waals surface area contributed by atoms with Crippen LogP contribution in [-0.4, -0.2) is 71.8 Å². The predicted octanol–water partition coefficient (Wildman–Crippen LogP) is 0.762. The van der Waals surface area contributed by atoms with Crippen LogP contribution in [0.25, 0.3) is 0 Å². The van der Waals surface area contributed by atoms with E-state index in [-0.39, 0.29) is 0 Å². The lowest BCUT2D eigenvalue weighted by Crippen LogP contribution is -2.48. The van der Waals surface area contributed by atoms with Crippen molar-refractivity contribution in [1.82, 2.24) is 0 Å². The van der Waals surface area contributed by atoms with Gasteiger partial charge in [0.1, 0.15) is 13.1 Å². The summed E-state index contributed by atoms with van der Waals surface area (Å²) in [7, 11) is 5.67. The maximum absolute atomic E-state index is 5.47. The summed E-state index contributed by atoms with van der Waals surface area (Å²) in [4.78, 5) is 0. The summed E-state index contributed by atoms with van der Waals surface area (Å²) < 4.78 is 16.5. The number of likely N-dealkylation sites (N-methyl/N-ethyl adjacent to an activating group) is 1. The van der Waals surface area contributed by atoms with Gasteiger partial charge in [-0.25, -0.2) is 0 Å². The van der Waals surface area contributed by atoms with E-state index in [0.29, 0.717) is 13.2 Å². The Balaban J connectivity index is 3.58. The van der Waals surface area contributed by atoms with Crippen LogP contribution in [0.3, 0.4) is 0 Å². The molecule has 0 bridgehead atoms. The number of hydrogen-bond donors (Lipinski definition) is 0. The smallest absolute Gasteiger partial charge is 0.102 e. The van der Waals surface area contributed by atoms with Crippen molar-refractivity contribution in [3.05, 3.63) is 0 Å². The summed E-state index contributed by atoms with van der Waals surface area (Å²) in [6, 6.07) is 0. The Kier molecular flexibility index (Phi) is 9.00. The van der Waals surface area contributed by atoms with E-state index in [1.54, 1.807) is 14.2 Å². The van der Waals surface area contributed by atoms with Gasteiger partial charge in [0.05, 0.1) is 40.0 Å². The van der Waals surface area contributed by atoms with Crippen molar-refractivity contribution in [2.75, 3.05) is 67.3 Å². The first-order chi connectivity index (χ1) is 7.18. The molecular weight excluding hydrogens is 194 g/mol. The highest BCUT2D eigenvalue weighted by Crippen LogP contribution is 2.01. The predicted molar refractivity (Wildman–Crippen MR) is 61.0 cm³/mol. The average Bonchev–Trinajstić information content (AvgIpc) is 2.26. The molecular formula is C11H26NO3+. The van der Waals surface area contributed by atoms with Gasteiger partial charge in [0, 0.05) is 14.2 Å². The van der Waals surface area contributed by atoms with Gasteiger partial charge in [0.15, 0.2) is 0 Å². The number of rotatable bonds is 10. The number of hydrogen-bond acceptors (Lipinski definition) is 3. The Morgan fingerprint density at radius 1 is 0.867 bits per heavy atom. The second-order valence-corrected chi connectivity index (χ2v) is 3.98. The molecule has 1 atom stereocenters. The van der Waals surface area contributed by atoms with Crippen molar-refractivity contribution in [1.29, 1.82) is 0 Å². The van der Waals surface area contributed by atoms with Gasteiger partial charge in [0.2, 0.25) is 0 Å². The third-order valence-electron chi connectivity index (χ3n) is 2.81. The van der Waals surface area contributed by atoms with Gasteiger partial charge in [-0.2, -0.15) is 0 Å². The van der Waals surface area contributed by atoms with Crippen molar-refractivity contribution in [2.24, 2.45) is 0 Å². The van der Waals surface area contributed by atoms with E-state index in [1.807, 2.05) is 0 Å². The Hall–Kier alpha value is -0.160. The molecule has 0 amide bonds. The summed E-state index contributed by atoms with van der Waals surface area (Å²) >= 11 is 0. The monoisotopic (exact) mass is 220 g/mol. The molecule has 0 radical (unpaired) electrons. The molecule has 15 heavy (non-hydrogen) atoms. The van der Waals surface area contributed by atoms with E-state index in [4.69, 9.17) is 14.2 Å². The first-order valence-corrected chi connectivity index (χ1v) is 5.57. The molecule has 0 fully saturated rings. The van der Waals surface area contributed by atoms with Gasteiger partial charge >= 0.3 is 0 Å². The molecule has 0 aliphatic carbocycles. The molecule has 0 heterocycles. The lowest BCUT2D eigenvalue weighted by molar-refractivity contribution is -0.908. The quantitative estimate of drug-likeness (QED) is 0.402. The van der Waals surface area contributed by atoms with Crippen molar-refractivity contribution in [3.8, 4) is 0 Å². The molecule has 92 valence electrons. The number of ether oxygens (including phenoxy) is 3. The van der Waals surface area contributed by atoms with Crippen LogP contribution in [0.5, 0.6) is 0 Å². The zero-order valence-electron chi connectivity index (χ0n) is 10.6. The molecule has 0 rings (SSSR count). The molecule has 4 nitrogen and oxygen atoms in total. The second kappa shape index (κ2) is 9.09. The zero-order chi connectivity index (χ0) is 11.6. The Bertz CT molecular complexity index is 144. The fourth-order valence-electron chi connectivity index (χ4n) is 1.27. The largest absolute Gasteiger partial charge is 0.382 e. The first kappa shape index (κ1) is 14.8. The van der Waals surface area contributed by atoms with Crippen molar-refractivity contribution < 1.29 is 18.7 Å². The second-order valence-electron chi connectivity index (χ2n) is 3.98. The van der Waals surface area contributed by atoms with E-state index in [0.717, 1.165) is 37.3 Å². The molecule has 0 N–H and O–H groups in total. The minimum absolute atomic E-state index is 0.675. The molecule has 0 spiro atoms. The molecule has 0 aliphatic heterocycles. The zero-order valence-corrected chi connectivity index (χ0v) is 10.6. The lowest BCUT2D eigenvalue weighted by atomic mass is 10.4. The Morgan fingerprint density at radius 3 is 2.00 bits per heavy atom. The number of methoxy groups -OCH3 is 2. The topological polar surface area (TPSA) is 27.7 Å². The fraction of sp³-hybridized carbons (Fsp3) is 1.00. The van der Waals surface area contributed by atoms with Crippen molar-refractivity contribution >= 4 is 0 Å².